The lowest BCUT2D eigenvalue weighted by molar-refractivity contribution is -0.118. The number of methoxy groups -OCH3 is 1. The molecule has 0 aliphatic rings. The van der Waals surface area contributed by atoms with E-state index in [1.165, 1.54) is 0 Å². The lowest BCUT2D eigenvalue weighted by Crippen LogP contribution is -2.20. The van der Waals surface area contributed by atoms with Gasteiger partial charge in [-0.3, -0.25) is 14.8 Å². The van der Waals surface area contributed by atoms with Gasteiger partial charge in [-0.05, 0) is 18.2 Å². The molecule has 0 radical (unpaired) electrons. The van der Waals surface area contributed by atoms with Gasteiger partial charge in [0.1, 0.15) is 17.2 Å². The predicted molar refractivity (Wildman–Crippen MR) is 83.6 cm³/mol. The van der Waals surface area contributed by atoms with Crippen molar-refractivity contribution in [2.75, 3.05) is 19.0 Å². The summed E-state index contributed by atoms with van der Waals surface area (Å²) in [7, 11) is 3.33. The molecule has 2 heterocycles. The summed E-state index contributed by atoms with van der Waals surface area (Å²) in [5.41, 5.74) is 0.526. The van der Waals surface area contributed by atoms with Crippen molar-refractivity contribution in [2.45, 2.75) is 0 Å². The highest BCUT2D eigenvalue weighted by atomic mass is 16.5. The van der Waals surface area contributed by atoms with Gasteiger partial charge in [-0.2, -0.15) is 5.10 Å². The Balaban J connectivity index is 1.56. The molecular formula is C15H15N5O4. The van der Waals surface area contributed by atoms with E-state index in [0.717, 1.165) is 0 Å². The summed E-state index contributed by atoms with van der Waals surface area (Å²) in [5, 5.41) is 14.2. The van der Waals surface area contributed by atoms with Crippen LogP contribution in [-0.4, -0.2) is 39.6 Å². The second-order valence-electron chi connectivity index (χ2n) is 4.80. The molecule has 0 fully saturated rings. The van der Waals surface area contributed by atoms with E-state index < -0.39 is 5.91 Å². The lowest BCUT2D eigenvalue weighted by atomic mass is 10.3. The number of anilines is 1. The fraction of sp³-hybridized carbons (Fsp3) is 0.200. The molecule has 1 aromatic carbocycles. The monoisotopic (exact) mass is 329 g/mol. The Hall–Kier alpha value is -3.36. The molecule has 0 saturated heterocycles. The minimum Gasteiger partial charge on any atom is -0.497 e. The van der Waals surface area contributed by atoms with Gasteiger partial charge in [-0.1, -0.05) is 11.2 Å². The minimum absolute atomic E-state index is 0.0186. The molecule has 0 spiro atoms. The minimum atomic E-state index is -0.422. The Morgan fingerprint density at radius 2 is 2.12 bits per heavy atom. The van der Waals surface area contributed by atoms with Crippen LogP contribution >= 0.6 is 0 Å². The van der Waals surface area contributed by atoms with Crippen LogP contribution in [0.5, 0.6) is 11.5 Å². The number of hydrogen-bond acceptors (Lipinski definition) is 7. The topological polar surface area (TPSA) is 104 Å². The molecule has 0 unspecified atom stereocenters. The molecule has 0 saturated carbocycles. The van der Waals surface area contributed by atoms with Gasteiger partial charge in [0.25, 0.3) is 11.8 Å². The summed E-state index contributed by atoms with van der Waals surface area (Å²) in [6, 6.07) is 8.66. The highest BCUT2D eigenvalue weighted by molar-refractivity contribution is 5.89. The predicted octanol–water partition coefficient (Wildman–Crippen LogP) is 1.50. The Morgan fingerprint density at radius 1 is 1.29 bits per heavy atom. The molecule has 0 aliphatic carbocycles. The molecule has 0 aliphatic heterocycles. The van der Waals surface area contributed by atoms with Crippen LogP contribution in [0.4, 0.5) is 6.01 Å². The fourth-order valence-corrected chi connectivity index (χ4v) is 1.90. The summed E-state index contributed by atoms with van der Waals surface area (Å²) in [5.74, 6) is 0.961. The zero-order chi connectivity index (χ0) is 16.9. The standard InChI is InChI=1S/C15H15N5O4/c1-20-7-6-12(19-20)14-17-18-15(24-14)16-13(21)9-23-11-5-3-4-10(8-11)22-2/h3-8H,9H2,1-2H3,(H,16,18,21). The highest BCUT2D eigenvalue weighted by Crippen LogP contribution is 2.19. The van der Waals surface area contributed by atoms with Crippen molar-refractivity contribution in [1.29, 1.82) is 0 Å². The second-order valence-corrected chi connectivity index (χ2v) is 4.80. The quantitative estimate of drug-likeness (QED) is 0.730. The molecule has 9 nitrogen and oxygen atoms in total. The van der Waals surface area contributed by atoms with Gasteiger partial charge in [0.05, 0.1) is 7.11 Å². The summed E-state index contributed by atoms with van der Waals surface area (Å²) in [4.78, 5) is 11.9. The normalized spacial score (nSPS) is 10.4. The van der Waals surface area contributed by atoms with E-state index in [0.29, 0.717) is 17.2 Å². The van der Waals surface area contributed by atoms with Gasteiger partial charge in [0, 0.05) is 19.3 Å². The fourth-order valence-electron chi connectivity index (χ4n) is 1.90. The van der Waals surface area contributed by atoms with Crippen molar-refractivity contribution in [3.05, 3.63) is 36.5 Å². The molecule has 3 rings (SSSR count). The molecule has 1 N–H and O–H groups in total. The maximum absolute atomic E-state index is 11.9. The van der Waals surface area contributed by atoms with Gasteiger partial charge in [0.15, 0.2) is 6.61 Å². The van der Waals surface area contributed by atoms with Gasteiger partial charge >= 0.3 is 6.01 Å². The summed E-state index contributed by atoms with van der Waals surface area (Å²) in [6.45, 7) is -0.200. The first-order valence-corrected chi connectivity index (χ1v) is 7.04. The Morgan fingerprint density at radius 3 is 2.88 bits per heavy atom. The first kappa shape index (κ1) is 15.5. The molecule has 24 heavy (non-hydrogen) atoms. The molecular weight excluding hydrogens is 314 g/mol. The maximum atomic E-state index is 11.9. The first-order chi connectivity index (χ1) is 11.6. The van der Waals surface area contributed by atoms with E-state index in [1.807, 2.05) is 0 Å². The van der Waals surface area contributed by atoms with Crippen LogP contribution in [0.2, 0.25) is 0 Å². The summed E-state index contributed by atoms with van der Waals surface area (Å²) < 4.78 is 17.4. The van der Waals surface area contributed by atoms with Crippen LogP contribution in [-0.2, 0) is 11.8 Å². The van der Waals surface area contributed by atoms with Crippen LogP contribution in [0.3, 0.4) is 0 Å². The number of aryl methyl sites for hydroxylation is 1. The van der Waals surface area contributed by atoms with Crippen LogP contribution in [0, 0.1) is 0 Å². The van der Waals surface area contributed by atoms with E-state index in [2.05, 4.69) is 20.6 Å². The van der Waals surface area contributed by atoms with Crippen LogP contribution < -0.4 is 14.8 Å². The van der Waals surface area contributed by atoms with Crippen LogP contribution in [0.1, 0.15) is 0 Å². The van der Waals surface area contributed by atoms with Crippen molar-refractivity contribution in [1.82, 2.24) is 20.0 Å². The third-order valence-corrected chi connectivity index (χ3v) is 3.02. The van der Waals surface area contributed by atoms with E-state index >= 15 is 0 Å². The average molecular weight is 329 g/mol. The Labute approximate surface area is 137 Å². The van der Waals surface area contributed by atoms with Crippen LogP contribution in [0.15, 0.2) is 40.9 Å². The second kappa shape index (κ2) is 6.82. The first-order valence-electron chi connectivity index (χ1n) is 7.04. The smallest absolute Gasteiger partial charge is 0.322 e. The van der Waals surface area contributed by atoms with Gasteiger partial charge in [-0.15, -0.1) is 5.10 Å². The molecule has 2 aromatic heterocycles. The van der Waals surface area contributed by atoms with Crippen molar-refractivity contribution >= 4 is 11.9 Å². The van der Waals surface area contributed by atoms with Crippen molar-refractivity contribution in [3.63, 3.8) is 0 Å². The Bertz CT molecular complexity index is 842. The zero-order valence-electron chi connectivity index (χ0n) is 13.1. The molecule has 0 atom stereocenters. The lowest BCUT2D eigenvalue weighted by Gasteiger charge is -2.06. The van der Waals surface area contributed by atoms with E-state index in [-0.39, 0.29) is 18.5 Å². The number of amides is 1. The van der Waals surface area contributed by atoms with Crippen molar-refractivity contribution in [3.8, 4) is 23.1 Å². The number of carbonyl (C=O) groups is 1. The van der Waals surface area contributed by atoms with E-state index in [1.54, 1.807) is 55.4 Å². The van der Waals surface area contributed by atoms with E-state index in [4.69, 9.17) is 13.9 Å². The number of carbonyl (C=O) groups excluding carboxylic acids is 1. The third-order valence-electron chi connectivity index (χ3n) is 3.02. The number of nitrogens with one attached hydrogen (secondary N) is 1. The molecule has 1 amide bonds. The Kier molecular flexibility index (Phi) is 4.41. The highest BCUT2D eigenvalue weighted by Gasteiger charge is 2.13. The van der Waals surface area contributed by atoms with Gasteiger partial charge in [0.2, 0.25) is 0 Å². The summed E-state index contributed by atoms with van der Waals surface area (Å²) >= 11 is 0. The van der Waals surface area contributed by atoms with E-state index in [9.17, 15) is 4.79 Å². The SMILES string of the molecule is COc1cccc(OCC(=O)Nc2nnc(-c3ccn(C)n3)o2)c1. The zero-order valence-corrected chi connectivity index (χ0v) is 13.1. The largest absolute Gasteiger partial charge is 0.497 e. The summed E-state index contributed by atoms with van der Waals surface area (Å²) in [6.07, 6.45) is 1.75. The number of hydrogen-bond donors (Lipinski definition) is 1. The number of rotatable bonds is 6. The van der Waals surface area contributed by atoms with Gasteiger partial charge in [-0.25, -0.2) is 0 Å². The number of nitrogens with zero attached hydrogens (tertiary/aromatic N) is 4. The molecule has 9 heteroatoms. The van der Waals surface area contributed by atoms with Gasteiger partial charge < -0.3 is 13.9 Å². The van der Waals surface area contributed by atoms with Crippen molar-refractivity contribution < 1.29 is 18.7 Å². The molecule has 3 aromatic rings. The van der Waals surface area contributed by atoms with Crippen molar-refractivity contribution in [2.24, 2.45) is 7.05 Å². The molecule has 0 bridgehead atoms. The average Bonchev–Trinajstić information content (AvgIpc) is 3.22. The number of aromatic nitrogens is 4. The maximum Gasteiger partial charge on any atom is 0.322 e. The van der Waals surface area contributed by atoms with Crippen LogP contribution in [0.25, 0.3) is 11.6 Å². The number of benzene rings is 1. The third kappa shape index (κ3) is 3.69. The number of ether oxygens (including phenoxy) is 2. The molecule has 124 valence electrons.